The summed E-state index contributed by atoms with van der Waals surface area (Å²) in [5.74, 6) is -1.72. The Labute approximate surface area is 74.8 Å². The van der Waals surface area contributed by atoms with Crippen molar-refractivity contribution < 1.29 is 27.5 Å². The van der Waals surface area contributed by atoms with Crippen molar-refractivity contribution in [2.24, 2.45) is 0 Å². The van der Waals surface area contributed by atoms with Gasteiger partial charge in [0, 0.05) is 6.20 Å². The third-order valence-electron chi connectivity index (χ3n) is 1.40. The Kier molecular flexibility index (Phi) is 2.73. The zero-order chi connectivity index (χ0) is 10.9. The maximum atomic E-state index is 12.1. The van der Waals surface area contributed by atoms with E-state index >= 15 is 0 Å². The van der Waals surface area contributed by atoms with Crippen LogP contribution in [0.4, 0.5) is 17.6 Å². The van der Waals surface area contributed by atoms with Crippen LogP contribution in [0.1, 0.15) is 29.0 Å². The Morgan fingerprint density at radius 1 is 1.43 bits per heavy atom. The van der Waals surface area contributed by atoms with Gasteiger partial charge < -0.3 is 5.11 Å². The molecule has 0 unspecified atom stereocenters. The molecule has 1 N–H and O–H groups in total. The number of halogens is 4. The molecule has 4 nitrogen and oxygen atoms in total. The number of hydrogen-bond acceptors (Lipinski definition) is 2. The van der Waals surface area contributed by atoms with E-state index in [1.165, 1.54) is 0 Å². The second-order valence-electron chi connectivity index (χ2n) is 2.29. The van der Waals surface area contributed by atoms with E-state index in [9.17, 15) is 22.4 Å². The maximum Gasteiger partial charge on any atom is 0.339 e. The fourth-order valence-corrected chi connectivity index (χ4v) is 0.832. The Bertz CT molecular complexity index is 350. The molecule has 0 saturated heterocycles. The fraction of sp³-hybridized carbons (Fsp3) is 0.333. The fourth-order valence-electron chi connectivity index (χ4n) is 0.832. The average molecular weight is 212 g/mol. The number of nitrogens with zero attached hydrogens (tertiary/aromatic N) is 2. The molecular formula is C6H4F4N2O2. The van der Waals surface area contributed by atoms with E-state index < -0.39 is 30.2 Å². The molecule has 0 atom stereocenters. The highest BCUT2D eigenvalue weighted by molar-refractivity contribution is 5.88. The summed E-state index contributed by atoms with van der Waals surface area (Å²) in [6, 6.07) is 0. The molecule has 8 heteroatoms. The van der Waals surface area contributed by atoms with Crippen molar-refractivity contribution >= 4 is 5.97 Å². The lowest BCUT2D eigenvalue weighted by atomic mass is 10.2. The molecule has 0 aliphatic carbocycles. The van der Waals surface area contributed by atoms with Gasteiger partial charge in [-0.15, -0.1) is 0 Å². The third-order valence-corrected chi connectivity index (χ3v) is 1.40. The number of hydrogen-bond donors (Lipinski definition) is 1. The molecule has 1 rings (SSSR count). The minimum Gasteiger partial charge on any atom is -0.478 e. The Morgan fingerprint density at radius 3 is 2.29 bits per heavy atom. The van der Waals surface area contributed by atoms with Crippen molar-refractivity contribution in [2.45, 2.75) is 13.0 Å². The molecule has 14 heavy (non-hydrogen) atoms. The van der Waals surface area contributed by atoms with Crippen molar-refractivity contribution in [1.29, 1.82) is 0 Å². The van der Waals surface area contributed by atoms with Gasteiger partial charge in [-0.05, 0) is 0 Å². The third kappa shape index (κ3) is 1.83. The predicted octanol–water partition coefficient (Wildman–Crippen LogP) is 1.91. The molecule has 0 saturated carbocycles. The molecule has 0 radical (unpaired) electrons. The molecule has 0 aliphatic rings. The van der Waals surface area contributed by atoms with Crippen molar-refractivity contribution in [2.75, 3.05) is 0 Å². The molecule has 0 fully saturated rings. The van der Waals surface area contributed by atoms with Crippen molar-refractivity contribution in [3.63, 3.8) is 0 Å². The molecule has 0 bridgehead atoms. The number of carbonyl (C=O) groups is 1. The van der Waals surface area contributed by atoms with Gasteiger partial charge in [0.15, 0.2) is 0 Å². The summed E-state index contributed by atoms with van der Waals surface area (Å²) >= 11 is 0. The lowest BCUT2D eigenvalue weighted by Crippen LogP contribution is -2.00. The highest BCUT2D eigenvalue weighted by Gasteiger charge is 2.24. The lowest BCUT2D eigenvalue weighted by Gasteiger charge is -1.96. The number of rotatable bonds is 3. The van der Waals surface area contributed by atoms with Crippen LogP contribution in [0.25, 0.3) is 0 Å². The van der Waals surface area contributed by atoms with Crippen LogP contribution >= 0.6 is 0 Å². The molecule has 1 aromatic heterocycles. The normalized spacial score (nSPS) is 11.3. The summed E-state index contributed by atoms with van der Waals surface area (Å²) in [6.45, 7) is -3.14. The quantitative estimate of drug-likeness (QED) is 0.778. The first-order chi connectivity index (χ1) is 6.43. The van der Waals surface area contributed by atoms with E-state index in [-0.39, 0.29) is 4.68 Å². The van der Waals surface area contributed by atoms with Gasteiger partial charge in [-0.2, -0.15) is 13.9 Å². The molecule has 0 amide bonds. The minimum absolute atomic E-state index is 0.120. The topological polar surface area (TPSA) is 55.1 Å². The Balaban J connectivity index is 3.19. The van der Waals surface area contributed by atoms with Gasteiger partial charge in [-0.25, -0.2) is 18.3 Å². The number of carboxylic acid groups (broad SMARTS) is 1. The standard InChI is InChI=1S/C6H4F4N2O2/c7-4(8)3-2(5(13)14)1-12(11-3)6(9)10/h1,4,6H,(H,13,14). The summed E-state index contributed by atoms with van der Waals surface area (Å²) in [5, 5.41) is 11.1. The second kappa shape index (κ2) is 3.64. The number of carboxylic acids is 1. The highest BCUT2D eigenvalue weighted by Crippen LogP contribution is 2.23. The van der Waals surface area contributed by atoms with Crippen LogP contribution in [-0.4, -0.2) is 20.9 Å². The summed E-state index contributed by atoms with van der Waals surface area (Å²) < 4.78 is 47.9. The first-order valence-corrected chi connectivity index (χ1v) is 3.32. The SMILES string of the molecule is O=C(O)c1cn(C(F)F)nc1C(F)F. The molecule has 1 heterocycles. The largest absolute Gasteiger partial charge is 0.478 e. The Hall–Kier alpha value is -1.60. The highest BCUT2D eigenvalue weighted by atomic mass is 19.3. The molecule has 1 aromatic rings. The average Bonchev–Trinajstić information content (AvgIpc) is 2.47. The predicted molar refractivity (Wildman–Crippen MR) is 35.4 cm³/mol. The summed E-state index contributed by atoms with van der Waals surface area (Å²) in [6.07, 6.45) is -2.82. The van der Waals surface area contributed by atoms with Gasteiger partial charge in [-0.3, -0.25) is 0 Å². The molecular weight excluding hydrogens is 208 g/mol. The zero-order valence-corrected chi connectivity index (χ0v) is 6.49. The van der Waals surface area contributed by atoms with Gasteiger partial charge >= 0.3 is 12.5 Å². The van der Waals surface area contributed by atoms with Crippen LogP contribution < -0.4 is 0 Å². The van der Waals surface area contributed by atoms with Crippen molar-refractivity contribution in [1.82, 2.24) is 9.78 Å². The van der Waals surface area contributed by atoms with Crippen LogP contribution in [-0.2, 0) is 0 Å². The van der Waals surface area contributed by atoms with E-state index in [1.54, 1.807) is 0 Å². The number of aromatic nitrogens is 2. The summed E-state index contributed by atoms with van der Waals surface area (Å²) in [5.41, 5.74) is -2.07. The van der Waals surface area contributed by atoms with Crippen molar-refractivity contribution in [3.8, 4) is 0 Å². The van der Waals surface area contributed by atoms with Gasteiger partial charge in [0.25, 0.3) is 6.43 Å². The van der Waals surface area contributed by atoms with Gasteiger partial charge in [0.2, 0.25) is 0 Å². The Morgan fingerprint density at radius 2 is 2.00 bits per heavy atom. The van der Waals surface area contributed by atoms with Crippen LogP contribution in [0.15, 0.2) is 6.20 Å². The molecule has 78 valence electrons. The smallest absolute Gasteiger partial charge is 0.339 e. The minimum atomic E-state index is -3.19. The van der Waals surface area contributed by atoms with E-state index in [1.807, 2.05) is 0 Å². The number of aromatic carboxylic acids is 1. The lowest BCUT2D eigenvalue weighted by molar-refractivity contribution is 0.0537. The van der Waals surface area contributed by atoms with Crippen LogP contribution in [0, 0.1) is 0 Å². The first kappa shape index (κ1) is 10.5. The first-order valence-electron chi connectivity index (χ1n) is 3.32. The zero-order valence-electron chi connectivity index (χ0n) is 6.49. The summed E-state index contributed by atoms with van der Waals surface area (Å²) in [4.78, 5) is 10.3. The molecule has 0 aromatic carbocycles. The van der Waals surface area contributed by atoms with Crippen LogP contribution in [0.5, 0.6) is 0 Å². The van der Waals surface area contributed by atoms with E-state index in [2.05, 4.69) is 5.10 Å². The molecule has 0 aliphatic heterocycles. The van der Waals surface area contributed by atoms with Gasteiger partial charge in [-0.1, -0.05) is 0 Å². The number of alkyl halides is 4. The van der Waals surface area contributed by atoms with E-state index in [0.717, 1.165) is 0 Å². The molecule has 0 spiro atoms. The van der Waals surface area contributed by atoms with Crippen LogP contribution in [0.3, 0.4) is 0 Å². The second-order valence-corrected chi connectivity index (χ2v) is 2.29. The monoisotopic (exact) mass is 212 g/mol. The van der Waals surface area contributed by atoms with E-state index in [4.69, 9.17) is 5.11 Å². The van der Waals surface area contributed by atoms with Gasteiger partial charge in [0.1, 0.15) is 11.3 Å². The maximum absolute atomic E-state index is 12.1. The van der Waals surface area contributed by atoms with Crippen molar-refractivity contribution in [3.05, 3.63) is 17.5 Å². The van der Waals surface area contributed by atoms with Crippen LogP contribution in [0.2, 0.25) is 0 Å². The van der Waals surface area contributed by atoms with E-state index in [0.29, 0.717) is 6.20 Å². The van der Waals surface area contributed by atoms with Gasteiger partial charge in [0.05, 0.1) is 0 Å². The summed E-state index contributed by atoms with van der Waals surface area (Å²) in [7, 11) is 0.